The maximum absolute atomic E-state index is 9.65. The molecule has 0 amide bonds. The van der Waals surface area contributed by atoms with E-state index in [-0.39, 0.29) is 0 Å². The topological polar surface area (TPSA) is 70.9 Å². The number of para-hydroxylation sites is 2. The molecule has 3 aromatic carbocycles. The molecule has 0 saturated carbocycles. The minimum atomic E-state index is 0.446. The summed E-state index contributed by atoms with van der Waals surface area (Å²) in [5.41, 5.74) is 5.30. The molecule has 30 heavy (non-hydrogen) atoms. The molecule has 4 aromatic rings. The molecule has 1 heterocycles. The molecule has 0 saturated heterocycles. The number of fused-ring (bicyclic) bond motifs is 1. The summed E-state index contributed by atoms with van der Waals surface area (Å²) in [6.07, 6.45) is 1.78. The van der Waals surface area contributed by atoms with Gasteiger partial charge in [0.2, 0.25) is 0 Å². The first kappa shape index (κ1) is 19.3. The van der Waals surface area contributed by atoms with Crippen molar-refractivity contribution in [2.75, 3.05) is 7.11 Å². The lowest BCUT2D eigenvalue weighted by Crippen LogP contribution is -1.99. The lowest BCUT2D eigenvalue weighted by molar-refractivity contribution is 0.284. The summed E-state index contributed by atoms with van der Waals surface area (Å²) in [5.74, 6) is 1.80. The number of imidazole rings is 1. The highest BCUT2D eigenvalue weighted by atomic mass is 16.5. The van der Waals surface area contributed by atoms with Crippen molar-refractivity contribution in [3.05, 3.63) is 89.2 Å². The molecule has 1 N–H and O–H groups in total. The standard InChI is InChI=1S/C25H21N3O2/c1-17-7-3-4-8-19(17)16-30-23-12-11-18(14-24(23)29-2)13-20(15-26)25-27-21-9-5-6-10-22(21)28-25/h3-14H,16H2,1-2H3,(H,27,28)/b20-13+. The summed E-state index contributed by atoms with van der Waals surface area (Å²) in [7, 11) is 1.61. The summed E-state index contributed by atoms with van der Waals surface area (Å²) >= 11 is 0. The third-order valence-corrected chi connectivity index (χ3v) is 4.91. The first-order valence-electron chi connectivity index (χ1n) is 9.60. The van der Waals surface area contributed by atoms with Gasteiger partial charge >= 0.3 is 0 Å². The SMILES string of the molecule is COc1cc(/C=C(\C#N)c2nc3ccccc3[nH]2)ccc1OCc1ccccc1C. The second-order valence-corrected chi connectivity index (χ2v) is 6.90. The number of aromatic nitrogens is 2. The Morgan fingerprint density at radius 1 is 1.07 bits per heavy atom. The number of nitriles is 1. The molecule has 1 aromatic heterocycles. The fraction of sp³-hybridized carbons (Fsp3) is 0.120. The molecular formula is C25H21N3O2. The van der Waals surface area contributed by atoms with E-state index in [0.717, 1.165) is 22.2 Å². The Kier molecular flexibility index (Phi) is 5.49. The third kappa shape index (κ3) is 4.03. The van der Waals surface area contributed by atoms with E-state index in [1.165, 1.54) is 5.56 Å². The fourth-order valence-corrected chi connectivity index (χ4v) is 3.22. The average Bonchev–Trinajstić information content (AvgIpc) is 3.21. The van der Waals surface area contributed by atoms with Crippen LogP contribution in [0.3, 0.4) is 0 Å². The number of hydrogen-bond donors (Lipinski definition) is 1. The van der Waals surface area contributed by atoms with Crippen LogP contribution in [0.15, 0.2) is 66.7 Å². The van der Waals surface area contributed by atoms with Gasteiger partial charge in [0, 0.05) is 0 Å². The third-order valence-electron chi connectivity index (χ3n) is 4.91. The number of allylic oxidation sites excluding steroid dienone is 1. The predicted molar refractivity (Wildman–Crippen MR) is 118 cm³/mol. The summed E-state index contributed by atoms with van der Waals surface area (Å²) in [6, 6.07) is 23.7. The quantitative estimate of drug-likeness (QED) is 0.436. The normalized spacial score (nSPS) is 11.3. The zero-order chi connectivity index (χ0) is 20.9. The van der Waals surface area contributed by atoms with Crippen LogP contribution in [0.25, 0.3) is 22.7 Å². The molecule has 5 nitrogen and oxygen atoms in total. The predicted octanol–water partition coefficient (Wildman–Crippen LogP) is 5.52. The van der Waals surface area contributed by atoms with E-state index in [0.29, 0.717) is 29.5 Å². The Balaban J connectivity index is 1.59. The molecule has 0 spiro atoms. The maximum atomic E-state index is 9.65. The van der Waals surface area contributed by atoms with Crippen molar-refractivity contribution < 1.29 is 9.47 Å². The van der Waals surface area contributed by atoms with Crippen LogP contribution in [0.5, 0.6) is 11.5 Å². The Bertz CT molecular complexity index is 1230. The van der Waals surface area contributed by atoms with Gasteiger partial charge in [-0.25, -0.2) is 4.98 Å². The van der Waals surface area contributed by atoms with Crippen molar-refractivity contribution in [2.45, 2.75) is 13.5 Å². The number of ether oxygens (including phenoxy) is 2. The fourth-order valence-electron chi connectivity index (χ4n) is 3.22. The van der Waals surface area contributed by atoms with Crippen LogP contribution in [0.2, 0.25) is 0 Å². The zero-order valence-electron chi connectivity index (χ0n) is 16.8. The van der Waals surface area contributed by atoms with Gasteiger partial charge in [0.15, 0.2) is 11.5 Å². The second kappa shape index (κ2) is 8.54. The molecule has 0 aliphatic rings. The van der Waals surface area contributed by atoms with Crippen molar-refractivity contribution in [3.8, 4) is 17.6 Å². The maximum Gasteiger partial charge on any atom is 0.161 e. The van der Waals surface area contributed by atoms with Crippen molar-refractivity contribution in [1.29, 1.82) is 5.26 Å². The number of aromatic amines is 1. The highest BCUT2D eigenvalue weighted by Gasteiger charge is 2.10. The highest BCUT2D eigenvalue weighted by molar-refractivity contribution is 5.90. The first-order chi connectivity index (χ1) is 14.7. The summed E-state index contributed by atoms with van der Waals surface area (Å²) in [5, 5.41) is 9.65. The first-order valence-corrected chi connectivity index (χ1v) is 9.60. The molecule has 0 aliphatic carbocycles. The molecule has 0 bridgehead atoms. The second-order valence-electron chi connectivity index (χ2n) is 6.90. The Morgan fingerprint density at radius 3 is 2.63 bits per heavy atom. The summed E-state index contributed by atoms with van der Waals surface area (Å²) in [4.78, 5) is 7.70. The van der Waals surface area contributed by atoms with Crippen LogP contribution >= 0.6 is 0 Å². The van der Waals surface area contributed by atoms with Crippen molar-refractivity contribution in [1.82, 2.24) is 9.97 Å². The molecule has 0 aliphatic heterocycles. The molecular weight excluding hydrogens is 374 g/mol. The number of H-pyrrole nitrogens is 1. The van der Waals surface area contributed by atoms with Gasteiger partial charge in [-0.2, -0.15) is 5.26 Å². The minimum Gasteiger partial charge on any atom is -0.493 e. The van der Waals surface area contributed by atoms with Crippen LogP contribution in [-0.2, 0) is 6.61 Å². The number of aryl methyl sites for hydroxylation is 1. The van der Waals surface area contributed by atoms with Gasteiger partial charge in [-0.05, 0) is 54.0 Å². The molecule has 0 atom stereocenters. The molecule has 4 rings (SSSR count). The van der Waals surface area contributed by atoms with Crippen molar-refractivity contribution in [2.24, 2.45) is 0 Å². The van der Waals surface area contributed by atoms with E-state index in [4.69, 9.17) is 9.47 Å². The zero-order valence-corrected chi connectivity index (χ0v) is 16.8. The highest BCUT2D eigenvalue weighted by Crippen LogP contribution is 2.30. The number of rotatable bonds is 6. The molecule has 0 radical (unpaired) electrons. The van der Waals surface area contributed by atoms with Gasteiger partial charge in [-0.3, -0.25) is 0 Å². The Hall–Kier alpha value is -4.04. The lowest BCUT2D eigenvalue weighted by Gasteiger charge is -2.12. The largest absolute Gasteiger partial charge is 0.493 e. The van der Waals surface area contributed by atoms with Crippen LogP contribution in [-0.4, -0.2) is 17.1 Å². The number of hydrogen-bond acceptors (Lipinski definition) is 4. The summed E-state index contributed by atoms with van der Waals surface area (Å²) in [6.45, 7) is 2.52. The van der Waals surface area contributed by atoms with Gasteiger partial charge in [0.25, 0.3) is 0 Å². The van der Waals surface area contributed by atoms with Crippen LogP contribution in [0, 0.1) is 18.3 Å². The van der Waals surface area contributed by atoms with E-state index >= 15 is 0 Å². The average molecular weight is 395 g/mol. The monoisotopic (exact) mass is 395 g/mol. The number of methoxy groups -OCH3 is 1. The van der Waals surface area contributed by atoms with Gasteiger partial charge in [-0.1, -0.05) is 42.5 Å². The Morgan fingerprint density at radius 2 is 1.87 bits per heavy atom. The van der Waals surface area contributed by atoms with Crippen LogP contribution < -0.4 is 9.47 Å². The van der Waals surface area contributed by atoms with Crippen LogP contribution in [0.1, 0.15) is 22.5 Å². The summed E-state index contributed by atoms with van der Waals surface area (Å²) < 4.78 is 11.5. The Labute approximate surface area is 175 Å². The van der Waals surface area contributed by atoms with Gasteiger partial charge in [0.1, 0.15) is 18.5 Å². The van der Waals surface area contributed by atoms with Crippen LogP contribution in [0.4, 0.5) is 0 Å². The molecule has 0 unspecified atom stereocenters. The molecule has 5 heteroatoms. The number of benzene rings is 3. The molecule has 148 valence electrons. The molecule has 0 fully saturated rings. The smallest absolute Gasteiger partial charge is 0.161 e. The van der Waals surface area contributed by atoms with E-state index in [1.807, 2.05) is 60.7 Å². The number of nitrogens with zero attached hydrogens (tertiary/aromatic N) is 2. The van der Waals surface area contributed by atoms with Gasteiger partial charge < -0.3 is 14.5 Å². The van der Waals surface area contributed by atoms with E-state index in [1.54, 1.807) is 13.2 Å². The van der Waals surface area contributed by atoms with Crippen molar-refractivity contribution >= 4 is 22.7 Å². The van der Waals surface area contributed by atoms with Gasteiger partial charge in [-0.15, -0.1) is 0 Å². The lowest BCUT2D eigenvalue weighted by atomic mass is 10.1. The van der Waals surface area contributed by atoms with E-state index in [2.05, 4.69) is 29.0 Å². The van der Waals surface area contributed by atoms with Crippen molar-refractivity contribution in [3.63, 3.8) is 0 Å². The number of nitrogens with one attached hydrogen (secondary N) is 1. The van der Waals surface area contributed by atoms with Gasteiger partial charge in [0.05, 0.1) is 23.7 Å². The van der Waals surface area contributed by atoms with E-state index < -0.39 is 0 Å². The minimum absolute atomic E-state index is 0.446. The van der Waals surface area contributed by atoms with E-state index in [9.17, 15) is 5.26 Å².